The second kappa shape index (κ2) is 6.63. The molecule has 19 heavy (non-hydrogen) atoms. The molecule has 0 fully saturated rings. The first-order chi connectivity index (χ1) is 8.90. The van der Waals surface area contributed by atoms with Gasteiger partial charge in [-0.25, -0.2) is 9.59 Å². The van der Waals surface area contributed by atoms with Gasteiger partial charge in [0.25, 0.3) is 0 Å². The quantitative estimate of drug-likeness (QED) is 0.839. The Morgan fingerprint density at radius 1 is 0.947 bits per heavy atom. The molecule has 1 rings (SSSR count). The van der Waals surface area contributed by atoms with Crippen molar-refractivity contribution in [2.75, 3.05) is 28.2 Å². The largest absolute Gasteiger partial charge is 0.445 e. The topological polar surface area (TPSA) is 59.1 Å². The summed E-state index contributed by atoms with van der Waals surface area (Å²) in [5.41, 5.74) is 0.819. The molecule has 0 saturated carbocycles. The van der Waals surface area contributed by atoms with Crippen molar-refractivity contribution in [3.63, 3.8) is 0 Å². The molecule has 1 aromatic rings. The number of rotatable bonds is 3. The SMILES string of the molecule is CN(C)C(=O)OCc1ccc(OC(=O)N(C)C)cc1. The fourth-order valence-electron chi connectivity index (χ4n) is 1.12. The third-order valence-electron chi connectivity index (χ3n) is 2.22. The fraction of sp³-hybridized carbons (Fsp3) is 0.385. The van der Waals surface area contributed by atoms with Gasteiger partial charge in [0.05, 0.1) is 0 Å². The van der Waals surface area contributed by atoms with E-state index in [1.54, 1.807) is 52.5 Å². The molecule has 0 aromatic heterocycles. The molecule has 0 spiro atoms. The molecule has 0 aliphatic carbocycles. The van der Waals surface area contributed by atoms with Crippen molar-refractivity contribution in [1.29, 1.82) is 0 Å². The Morgan fingerprint density at radius 3 is 1.95 bits per heavy atom. The second-order valence-corrected chi connectivity index (χ2v) is 4.36. The Kier molecular flexibility index (Phi) is 5.17. The van der Waals surface area contributed by atoms with E-state index in [1.165, 1.54) is 9.80 Å². The molecule has 0 N–H and O–H groups in total. The lowest BCUT2D eigenvalue weighted by Crippen LogP contribution is -2.25. The van der Waals surface area contributed by atoms with Gasteiger partial charge in [-0.15, -0.1) is 0 Å². The van der Waals surface area contributed by atoms with E-state index in [1.807, 2.05) is 0 Å². The number of amides is 2. The average molecular weight is 266 g/mol. The van der Waals surface area contributed by atoms with Crippen molar-refractivity contribution in [3.8, 4) is 5.75 Å². The van der Waals surface area contributed by atoms with Gasteiger partial charge < -0.3 is 19.3 Å². The third-order valence-corrected chi connectivity index (χ3v) is 2.22. The molecule has 0 saturated heterocycles. The average Bonchev–Trinajstić information content (AvgIpc) is 2.37. The summed E-state index contributed by atoms with van der Waals surface area (Å²) in [5.74, 6) is 0.446. The number of hydrogen-bond acceptors (Lipinski definition) is 4. The number of ether oxygens (including phenoxy) is 2. The van der Waals surface area contributed by atoms with Crippen molar-refractivity contribution in [1.82, 2.24) is 9.80 Å². The highest BCUT2D eigenvalue weighted by molar-refractivity contribution is 5.70. The highest BCUT2D eigenvalue weighted by atomic mass is 16.6. The number of carbonyl (C=O) groups excluding carboxylic acids is 2. The summed E-state index contributed by atoms with van der Waals surface area (Å²) in [4.78, 5) is 25.2. The zero-order chi connectivity index (χ0) is 14.4. The maximum Gasteiger partial charge on any atom is 0.414 e. The van der Waals surface area contributed by atoms with Crippen LogP contribution in [0, 0.1) is 0 Å². The molecule has 0 aliphatic rings. The van der Waals surface area contributed by atoms with Crippen molar-refractivity contribution < 1.29 is 19.1 Å². The molecule has 2 amide bonds. The zero-order valence-electron chi connectivity index (χ0n) is 11.5. The van der Waals surface area contributed by atoms with Crippen LogP contribution >= 0.6 is 0 Å². The van der Waals surface area contributed by atoms with Gasteiger partial charge in [0.15, 0.2) is 0 Å². The monoisotopic (exact) mass is 266 g/mol. The predicted octanol–water partition coefficient (Wildman–Crippen LogP) is 1.95. The van der Waals surface area contributed by atoms with E-state index in [0.29, 0.717) is 5.75 Å². The lowest BCUT2D eigenvalue weighted by Gasteiger charge is -2.12. The van der Waals surface area contributed by atoms with Crippen molar-refractivity contribution in [2.45, 2.75) is 6.61 Å². The molecule has 104 valence electrons. The van der Waals surface area contributed by atoms with Crippen LogP contribution in [0.15, 0.2) is 24.3 Å². The van der Waals surface area contributed by atoms with Gasteiger partial charge in [-0.2, -0.15) is 0 Å². The summed E-state index contributed by atoms with van der Waals surface area (Å²) in [6.07, 6.45) is -0.838. The minimum Gasteiger partial charge on any atom is -0.445 e. The summed E-state index contributed by atoms with van der Waals surface area (Å²) in [6, 6.07) is 6.78. The normalized spacial score (nSPS) is 9.68. The number of benzene rings is 1. The van der Waals surface area contributed by atoms with Crippen LogP contribution in [0.3, 0.4) is 0 Å². The van der Waals surface area contributed by atoms with E-state index in [2.05, 4.69) is 0 Å². The van der Waals surface area contributed by atoms with E-state index >= 15 is 0 Å². The predicted molar refractivity (Wildman–Crippen MR) is 70.0 cm³/mol. The van der Waals surface area contributed by atoms with Gasteiger partial charge in [-0.05, 0) is 17.7 Å². The van der Waals surface area contributed by atoms with E-state index in [9.17, 15) is 9.59 Å². The molecular formula is C13H18N2O4. The van der Waals surface area contributed by atoms with E-state index in [-0.39, 0.29) is 6.61 Å². The number of hydrogen-bond donors (Lipinski definition) is 0. The van der Waals surface area contributed by atoms with Crippen LogP contribution in [-0.2, 0) is 11.3 Å². The maximum atomic E-state index is 11.3. The summed E-state index contributed by atoms with van der Waals surface area (Å²) in [7, 11) is 6.45. The summed E-state index contributed by atoms with van der Waals surface area (Å²) < 4.78 is 10.1. The molecule has 6 heteroatoms. The molecular weight excluding hydrogens is 248 g/mol. The molecule has 0 atom stereocenters. The molecule has 0 heterocycles. The third kappa shape index (κ3) is 4.87. The van der Waals surface area contributed by atoms with Gasteiger partial charge in [0.2, 0.25) is 0 Å². The molecule has 0 aliphatic heterocycles. The van der Waals surface area contributed by atoms with Gasteiger partial charge in [-0.3, -0.25) is 0 Å². The lowest BCUT2D eigenvalue weighted by atomic mass is 10.2. The van der Waals surface area contributed by atoms with Gasteiger partial charge in [0, 0.05) is 28.2 Å². The Balaban J connectivity index is 2.52. The highest BCUT2D eigenvalue weighted by Gasteiger charge is 2.07. The van der Waals surface area contributed by atoms with Crippen molar-refractivity contribution in [3.05, 3.63) is 29.8 Å². The van der Waals surface area contributed by atoms with E-state index < -0.39 is 12.2 Å². The van der Waals surface area contributed by atoms with Gasteiger partial charge in [0.1, 0.15) is 12.4 Å². The maximum absolute atomic E-state index is 11.3. The van der Waals surface area contributed by atoms with Crippen LogP contribution in [0.1, 0.15) is 5.56 Å². The fourth-order valence-corrected chi connectivity index (χ4v) is 1.12. The zero-order valence-corrected chi connectivity index (χ0v) is 11.5. The number of nitrogens with zero attached hydrogens (tertiary/aromatic N) is 2. The van der Waals surface area contributed by atoms with Gasteiger partial charge in [-0.1, -0.05) is 12.1 Å². The molecule has 1 aromatic carbocycles. The first-order valence-electron chi connectivity index (χ1n) is 5.72. The van der Waals surface area contributed by atoms with Crippen molar-refractivity contribution in [2.24, 2.45) is 0 Å². The Labute approximate surface area is 112 Å². The van der Waals surface area contributed by atoms with Crippen LogP contribution < -0.4 is 4.74 Å². The molecule has 0 radical (unpaired) electrons. The highest BCUT2D eigenvalue weighted by Crippen LogP contribution is 2.13. The first kappa shape index (κ1) is 14.8. The Morgan fingerprint density at radius 2 is 1.47 bits per heavy atom. The minimum atomic E-state index is -0.438. The Bertz CT molecular complexity index is 440. The summed E-state index contributed by atoms with van der Waals surface area (Å²) in [5, 5.41) is 0. The van der Waals surface area contributed by atoms with E-state index in [4.69, 9.17) is 9.47 Å². The lowest BCUT2D eigenvalue weighted by molar-refractivity contribution is 0.112. The summed E-state index contributed by atoms with van der Waals surface area (Å²) >= 11 is 0. The second-order valence-electron chi connectivity index (χ2n) is 4.36. The van der Waals surface area contributed by atoms with Crippen LogP contribution in [0.4, 0.5) is 9.59 Å². The summed E-state index contributed by atoms with van der Waals surface area (Å²) in [6.45, 7) is 0.179. The van der Waals surface area contributed by atoms with Crippen LogP contribution in [-0.4, -0.2) is 50.2 Å². The minimum absolute atomic E-state index is 0.179. The van der Waals surface area contributed by atoms with Crippen molar-refractivity contribution >= 4 is 12.2 Å². The first-order valence-corrected chi connectivity index (χ1v) is 5.72. The standard InChI is InChI=1S/C13H18N2O4/c1-14(2)12(16)18-9-10-5-7-11(8-6-10)19-13(17)15(3)4/h5-8H,9H2,1-4H3. The molecule has 6 nitrogen and oxygen atoms in total. The smallest absolute Gasteiger partial charge is 0.414 e. The molecule has 0 unspecified atom stereocenters. The van der Waals surface area contributed by atoms with Gasteiger partial charge >= 0.3 is 12.2 Å². The van der Waals surface area contributed by atoms with Crippen LogP contribution in [0.5, 0.6) is 5.75 Å². The van der Waals surface area contributed by atoms with E-state index in [0.717, 1.165) is 5.56 Å². The molecule has 0 bridgehead atoms. The van der Waals surface area contributed by atoms with Crippen LogP contribution in [0.25, 0.3) is 0 Å². The number of carbonyl (C=O) groups is 2. The van der Waals surface area contributed by atoms with Crippen LogP contribution in [0.2, 0.25) is 0 Å². The Hall–Kier alpha value is -2.24.